The summed E-state index contributed by atoms with van der Waals surface area (Å²) in [6.45, 7) is 7.12. The van der Waals surface area contributed by atoms with Crippen molar-refractivity contribution in [3.63, 3.8) is 0 Å². The van der Waals surface area contributed by atoms with E-state index in [9.17, 15) is 0 Å². The molecule has 0 amide bonds. The molecule has 1 saturated heterocycles. The first-order chi connectivity index (χ1) is 15.5. The quantitative estimate of drug-likeness (QED) is 0.479. The summed E-state index contributed by atoms with van der Waals surface area (Å²) in [6.07, 6.45) is 1.83. The molecule has 0 N–H and O–H groups in total. The number of rotatable bonds is 5. The maximum atomic E-state index is 5.57. The Bertz CT molecular complexity index is 1250. The van der Waals surface area contributed by atoms with Gasteiger partial charge in [0.25, 0.3) is 0 Å². The first kappa shape index (κ1) is 20.7. The number of morpholine rings is 1. The van der Waals surface area contributed by atoms with Crippen molar-refractivity contribution in [1.82, 2.24) is 24.3 Å². The Morgan fingerprint density at radius 3 is 2.66 bits per heavy atom. The van der Waals surface area contributed by atoms with Crippen LogP contribution in [0.5, 0.6) is 0 Å². The molecule has 1 aliphatic heterocycles. The lowest BCUT2D eigenvalue weighted by Gasteiger charge is -2.29. The van der Waals surface area contributed by atoms with Crippen LogP contribution in [0.4, 0.5) is 5.69 Å². The van der Waals surface area contributed by atoms with Crippen molar-refractivity contribution < 1.29 is 9.47 Å². The number of hydrogen-bond acceptors (Lipinski definition) is 6. The lowest BCUT2D eigenvalue weighted by atomic mass is 10.1. The fourth-order valence-corrected chi connectivity index (χ4v) is 4.18. The van der Waals surface area contributed by atoms with E-state index in [4.69, 9.17) is 24.5 Å². The summed E-state index contributed by atoms with van der Waals surface area (Å²) in [7, 11) is 3.68. The molecule has 5 rings (SSSR count). The average Bonchev–Trinajstić information content (AvgIpc) is 3.44. The van der Waals surface area contributed by atoms with Crippen LogP contribution in [-0.2, 0) is 16.5 Å². The molecule has 1 aliphatic rings. The van der Waals surface area contributed by atoms with Crippen LogP contribution in [0.3, 0.4) is 0 Å². The van der Waals surface area contributed by atoms with E-state index in [1.54, 1.807) is 7.11 Å². The first-order valence-electron chi connectivity index (χ1n) is 10.9. The van der Waals surface area contributed by atoms with Gasteiger partial charge >= 0.3 is 0 Å². The molecule has 0 spiro atoms. The number of aryl methyl sites for hydroxylation is 2. The van der Waals surface area contributed by atoms with E-state index >= 15 is 0 Å². The molecule has 0 bridgehead atoms. The van der Waals surface area contributed by atoms with Gasteiger partial charge in [-0.15, -0.1) is 0 Å². The van der Waals surface area contributed by atoms with Gasteiger partial charge < -0.3 is 18.9 Å². The van der Waals surface area contributed by atoms with Gasteiger partial charge in [0.2, 0.25) is 0 Å². The van der Waals surface area contributed by atoms with Crippen LogP contribution < -0.4 is 4.90 Å². The van der Waals surface area contributed by atoms with Gasteiger partial charge in [-0.3, -0.25) is 0 Å². The highest BCUT2D eigenvalue weighted by Crippen LogP contribution is 2.31. The summed E-state index contributed by atoms with van der Waals surface area (Å²) >= 11 is 0. The summed E-state index contributed by atoms with van der Waals surface area (Å²) in [4.78, 5) is 12.2. The number of hydrogen-bond donors (Lipinski definition) is 0. The molecular weight excluding hydrogens is 404 g/mol. The van der Waals surface area contributed by atoms with Crippen molar-refractivity contribution in [2.24, 2.45) is 7.05 Å². The Morgan fingerprint density at radius 2 is 1.91 bits per heavy atom. The Morgan fingerprint density at radius 1 is 1.09 bits per heavy atom. The van der Waals surface area contributed by atoms with Gasteiger partial charge in [-0.1, -0.05) is 23.8 Å². The highest BCUT2D eigenvalue weighted by Gasteiger charge is 2.23. The molecule has 4 heterocycles. The second-order valence-electron chi connectivity index (χ2n) is 8.19. The molecule has 0 saturated carbocycles. The van der Waals surface area contributed by atoms with Gasteiger partial charge in [0.15, 0.2) is 11.5 Å². The number of ether oxygens (including phenoxy) is 2. The molecule has 1 fully saturated rings. The van der Waals surface area contributed by atoms with Crippen LogP contribution in [0, 0.1) is 6.92 Å². The molecule has 32 heavy (non-hydrogen) atoms. The van der Waals surface area contributed by atoms with E-state index in [2.05, 4.69) is 42.2 Å². The van der Waals surface area contributed by atoms with Gasteiger partial charge in [-0.05, 0) is 26.0 Å². The molecule has 1 atom stereocenters. The molecule has 3 aromatic heterocycles. The van der Waals surface area contributed by atoms with Crippen molar-refractivity contribution in [1.29, 1.82) is 0 Å². The predicted octanol–water partition coefficient (Wildman–Crippen LogP) is 3.67. The number of benzene rings is 1. The van der Waals surface area contributed by atoms with E-state index in [0.29, 0.717) is 13.2 Å². The predicted molar refractivity (Wildman–Crippen MR) is 124 cm³/mol. The van der Waals surface area contributed by atoms with Crippen molar-refractivity contribution in [2.45, 2.75) is 20.0 Å². The third-order valence-electron chi connectivity index (χ3n) is 6.03. The summed E-state index contributed by atoms with van der Waals surface area (Å²) in [5, 5.41) is 4.83. The van der Waals surface area contributed by atoms with E-state index < -0.39 is 0 Å². The molecule has 0 radical (unpaired) electrons. The van der Waals surface area contributed by atoms with Gasteiger partial charge in [0.1, 0.15) is 17.4 Å². The fourth-order valence-electron chi connectivity index (χ4n) is 4.18. The zero-order valence-corrected chi connectivity index (χ0v) is 18.9. The molecule has 0 aliphatic carbocycles. The number of anilines is 1. The second-order valence-corrected chi connectivity index (χ2v) is 8.19. The van der Waals surface area contributed by atoms with Crippen LogP contribution in [0.2, 0.25) is 0 Å². The third-order valence-corrected chi connectivity index (χ3v) is 6.03. The summed E-state index contributed by atoms with van der Waals surface area (Å²) in [5.74, 6) is 1.61. The fraction of sp³-hybridized carbons (Fsp3) is 0.375. The molecule has 4 aromatic rings. The normalized spacial score (nSPS) is 15.4. The monoisotopic (exact) mass is 432 g/mol. The SMILES string of the molecule is CO[C@@H](C)c1nc2c(N3CCOCC3)cc(-n3ccc(-c4cccc(C)c4)n3)nc2n1C. The van der Waals surface area contributed by atoms with Crippen LogP contribution >= 0.6 is 0 Å². The number of nitrogens with zero attached hydrogens (tertiary/aromatic N) is 6. The van der Waals surface area contributed by atoms with Crippen LogP contribution in [-0.4, -0.2) is 57.7 Å². The Balaban J connectivity index is 1.64. The van der Waals surface area contributed by atoms with Gasteiger partial charge in [0, 0.05) is 45.1 Å². The topological polar surface area (TPSA) is 70.2 Å². The molecule has 1 aromatic carbocycles. The minimum absolute atomic E-state index is 0.132. The number of aromatic nitrogens is 5. The van der Waals surface area contributed by atoms with Gasteiger partial charge in [-0.25, -0.2) is 14.6 Å². The van der Waals surface area contributed by atoms with Crippen molar-refractivity contribution in [3.8, 4) is 17.1 Å². The van der Waals surface area contributed by atoms with Gasteiger partial charge in [-0.2, -0.15) is 5.10 Å². The van der Waals surface area contributed by atoms with E-state index in [1.165, 1.54) is 5.56 Å². The number of methoxy groups -OCH3 is 1. The minimum atomic E-state index is -0.132. The second kappa shape index (κ2) is 8.37. The van der Waals surface area contributed by atoms with Crippen molar-refractivity contribution >= 4 is 16.9 Å². The van der Waals surface area contributed by atoms with Gasteiger partial charge in [0.05, 0.1) is 24.6 Å². The molecule has 0 unspecified atom stereocenters. The third kappa shape index (κ3) is 3.65. The number of imidazole rings is 1. The zero-order valence-electron chi connectivity index (χ0n) is 18.9. The first-order valence-corrected chi connectivity index (χ1v) is 10.9. The number of fused-ring (bicyclic) bond motifs is 1. The largest absolute Gasteiger partial charge is 0.378 e. The van der Waals surface area contributed by atoms with Crippen LogP contribution in [0.15, 0.2) is 42.6 Å². The van der Waals surface area contributed by atoms with Crippen LogP contribution in [0.1, 0.15) is 24.4 Å². The maximum absolute atomic E-state index is 5.57. The lowest BCUT2D eigenvalue weighted by Crippen LogP contribution is -2.36. The van der Waals surface area contributed by atoms with Crippen LogP contribution in [0.25, 0.3) is 28.2 Å². The molecular formula is C24H28N6O2. The zero-order chi connectivity index (χ0) is 22.2. The summed E-state index contributed by atoms with van der Waals surface area (Å²) in [6, 6.07) is 12.5. The summed E-state index contributed by atoms with van der Waals surface area (Å²) < 4.78 is 15.0. The standard InChI is InChI=1S/C24H28N6O2/c1-16-6-5-7-18(14-16)19-8-9-30(27-19)21-15-20(29-10-12-32-13-11-29)22-24(25-21)28(3)23(26-22)17(2)31-4/h5-9,14-15,17H,10-13H2,1-4H3/t17-/m0/s1. The summed E-state index contributed by atoms with van der Waals surface area (Å²) in [5.41, 5.74) is 5.96. The highest BCUT2D eigenvalue weighted by molar-refractivity contribution is 5.88. The van der Waals surface area contributed by atoms with E-state index in [1.807, 2.05) is 35.5 Å². The maximum Gasteiger partial charge on any atom is 0.164 e. The minimum Gasteiger partial charge on any atom is -0.378 e. The molecule has 8 nitrogen and oxygen atoms in total. The van der Waals surface area contributed by atoms with E-state index in [-0.39, 0.29) is 6.10 Å². The smallest absolute Gasteiger partial charge is 0.164 e. The van der Waals surface area contributed by atoms with E-state index in [0.717, 1.165) is 52.8 Å². The van der Waals surface area contributed by atoms with Crippen molar-refractivity contribution in [3.05, 3.63) is 54.0 Å². The molecule has 8 heteroatoms. The number of pyridine rings is 1. The average molecular weight is 433 g/mol. The Hall–Kier alpha value is -3.23. The van der Waals surface area contributed by atoms with Crippen molar-refractivity contribution in [2.75, 3.05) is 38.3 Å². The highest BCUT2D eigenvalue weighted by atomic mass is 16.5. The molecule has 166 valence electrons. The Labute approximate surface area is 187 Å². The lowest BCUT2D eigenvalue weighted by molar-refractivity contribution is 0.110. The Kier molecular flexibility index (Phi) is 5.40.